The summed E-state index contributed by atoms with van der Waals surface area (Å²) in [6, 6.07) is 16.3. The van der Waals surface area contributed by atoms with Crippen molar-refractivity contribution in [2.75, 3.05) is 11.9 Å². The fourth-order valence-electron chi connectivity index (χ4n) is 3.96. The standard InChI is InChI=1S/C26H29ClN2O3S/c1-17-13-19(3)26(20(4)14-17)33(31,32)29(15-22-9-11-23(27)12-10-22)16-25(30)28-24-8-6-7-18(2)21(24)5/h6-14H,15-16H2,1-5H3,(H,28,30). The number of carbonyl (C=O) groups excluding carboxylic acids is 1. The second kappa shape index (κ2) is 10.1. The summed E-state index contributed by atoms with van der Waals surface area (Å²) in [5.74, 6) is -0.399. The molecule has 0 unspecified atom stereocenters. The van der Waals surface area contributed by atoms with E-state index in [0.29, 0.717) is 21.8 Å². The third kappa shape index (κ3) is 5.82. The third-order valence-electron chi connectivity index (χ3n) is 5.67. The van der Waals surface area contributed by atoms with Gasteiger partial charge in [0.2, 0.25) is 15.9 Å². The lowest BCUT2D eigenvalue weighted by Gasteiger charge is -2.24. The van der Waals surface area contributed by atoms with Gasteiger partial charge in [-0.2, -0.15) is 4.31 Å². The first kappa shape index (κ1) is 25.0. The molecule has 5 nitrogen and oxygen atoms in total. The Morgan fingerprint density at radius 1 is 0.909 bits per heavy atom. The molecule has 3 aromatic carbocycles. The van der Waals surface area contributed by atoms with E-state index in [1.165, 1.54) is 4.31 Å². The fourth-order valence-corrected chi connectivity index (χ4v) is 5.88. The maximum absolute atomic E-state index is 13.8. The number of hydrogen-bond donors (Lipinski definition) is 1. The molecule has 0 heterocycles. The highest BCUT2D eigenvalue weighted by atomic mass is 35.5. The summed E-state index contributed by atoms with van der Waals surface area (Å²) in [4.78, 5) is 13.2. The van der Waals surface area contributed by atoms with Crippen LogP contribution in [0.3, 0.4) is 0 Å². The first-order chi connectivity index (χ1) is 15.5. The van der Waals surface area contributed by atoms with Gasteiger partial charge in [0.15, 0.2) is 0 Å². The average molecular weight is 485 g/mol. The number of halogens is 1. The molecular weight excluding hydrogens is 456 g/mol. The van der Waals surface area contributed by atoms with Crippen LogP contribution >= 0.6 is 11.6 Å². The molecule has 174 valence electrons. The summed E-state index contributed by atoms with van der Waals surface area (Å²) in [6.07, 6.45) is 0. The molecule has 0 aliphatic rings. The van der Waals surface area contributed by atoms with Crippen LogP contribution in [0.25, 0.3) is 0 Å². The summed E-state index contributed by atoms with van der Waals surface area (Å²) in [7, 11) is -3.95. The van der Waals surface area contributed by atoms with Crippen LogP contribution in [-0.4, -0.2) is 25.2 Å². The van der Waals surface area contributed by atoms with Crippen molar-refractivity contribution >= 4 is 33.2 Å². The Bertz CT molecular complexity index is 1260. The van der Waals surface area contributed by atoms with Gasteiger partial charge >= 0.3 is 0 Å². The second-order valence-electron chi connectivity index (χ2n) is 8.42. The molecule has 33 heavy (non-hydrogen) atoms. The van der Waals surface area contributed by atoms with Gasteiger partial charge in [0.25, 0.3) is 0 Å². The monoisotopic (exact) mass is 484 g/mol. The topological polar surface area (TPSA) is 66.5 Å². The Balaban J connectivity index is 1.98. The summed E-state index contributed by atoms with van der Waals surface area (Å²) >= 11 is 6.00. The Kier molecular flexibility index (Phi) is 7.62. The zero-order chi connectivity index (χ0) is 24.3. The van der Waals surface area contributed by atoms with Crippen molar-refractivity contribution in [2.45, 2.75) is 46.1 Å². The number of amides is 1. The maximum atomic E-state index is 13.8. The zero-order valence-corrected chi connectivity index (χ0v) is 21.1. The van der Waals surface area contributed by atoms with Crippen molar-refractivity contribution in [2.24, 2.45) is 0 Å². The van der Waals surface area contributed by atoms with E-state index in [9.17, 15) is 13.2 Å². The summed E-state index contributed by atoms with van der Waals surface area (Å²) < 4.78 is 28.8. The molecule has 0 fully saturated rings. The van der Waals surface area contributed by atoms with Crippen LogP contribution in [0.1, 0.15) is 33.4 Å². The average Bonchev–Trinajstić information content (AvgIpc) is 2.71. The molecule has 0 aromatic heterocycles. The Hall–Kier alpha value is -2.67. The molecule has 0 radical (unpaired) electrons. The lowest BCUT2D eigenvalue weighted by Crippen LogP contribution is -2.38. The predicted octanol–water partition coefficient (Wildman–Crippen LogP) is 5.71. The highest BCUT2D eigenvalue weighted by Gasteiger charge is 2.30. The van der Waals surface area contributed by atoms with Crippen molar-refractivity contribution < 1.29 is 13.2 Å². The maximum Gasteiger partial charge on any atom is 0.244 e. The largest absolute Gasteiger partial charge is 0.325 e. The van der Waals surface area contributed by atoms with Crippen molar-refractivity contribution in [3.63, 3.8) is 0 Å². The van der Waals surface area contributed by atoms with Gasteiger partial charge in [-0.25, -0.2) is 8.42 Å². The van der Waals surface area contributed by atoms with Gasteiger partial charge in [-0.3, -0.25) is 4.79 Å². The van der Waals surface area contributed by atoms with E-state index in [1.54, 1.807) is 38.1 Å². The van der Waals surface area contributed by atoms with E-state index in [-0.39, 0.29) is 18.0 Å². The van der Waals surface area contributed by atoms with Gasteiger partial charge in [-0.15, -0.1) is 0 Å². The molecule has 3 rings (SSSR count). The van der Waals surface area contributed by atoms with Gasteiger partial charge in [0, 0.05) is 17.3 Å². The van der Waals surface area contributed by atoms with Gasteiger partial charge < -0.3 is 5.32 Å². The number of benzene rings is 3. The number of nitrogens with one attached hydrogen (secondary N) is 1. The molecule has 1 N–H and O–H groups in total. The normalized spacial score (nSPS) is 11.6. The van der Waals surface area contributed by atoms with Gasteiger partial charge in [0.05, 0.1) is 11.4 Å². The number of aryl methyl sites for hydroxylation is 4. The number of carbonyl (C=O) groups is 1. The summed E-state index contributed by atoms with van der Waals surface area (Å²) in [5, 5.41) is 3.43. The van der Waals surface area contributed by atoms with E-state index < -0.39 is 15.9 Å². The number of sulfonamides is 1. The van der Waals surface area contributed by atoms with Crippen LogP contribution in [0.5, 0.6) is 0 Å². The van der Waals surface area contributed by atoms with Crippen LogP contribution in [0.15, 0.2) is 59.5 Å². The first-order valence-corrected chi connectivity index (χ1v) is 12.5. The van der Waals surface area contributed by atoms with Crippen LogP contribution in [0.4, 0.5) is 5.69 Å². The van der Waals surface area contributed by atoms with Gasteiger partial charge in [-0.1, -0.05) is 53.6 Å². The van der Waals surface area contributed by atoms with Crippen LogP contribution in [0.2, 0.25) is 5.02 Å². The molecule has 0 bridgehead atoms. The van der Waals surface area contributed by atoms with Crippen molar-refractivity contribution in [3.05, 3.63) is 93.0 Å². The molecule has 0 aliphatic carbocycles. The molecule has 7 heteroatoms. The SMILES string of the molecule is Cc1cc(C)c(S(=O)(=O)N(CC(=O)Nc2cccc(C)c2C)Cc2ccc(Cl)cc2)c(C)c1. The lowest BCUT2D eigenvalue weighted by molar-refractivity contribution is -0.116. The Labute approximate surface area is 201 Å². The van der Waals surface area contributed by atoms with Crippen LogP contribution in [0, 0.1) is 34.6 Å². The van der Waals surface area contributed by atoms with E-state index in [2.05, 4.69) is 5.32 Å². The lowest BCUT2D eigenvalue weighted by atomic mass is 10.1. The van der Waals surface area contributed by atoms with E-state index in [1.807, 2.05) is 51.1 Å². The van der Waals surface area contributed by atoms with Gasteiger partial charge in [0.1, 0.15) is 0 Å². The minimum Gasteiger partial charge on any atom is -0.325 e. The minimum atomic E-state index is -3.95. The zero-order valence-electron chi connectivity index (χ0n) is 19.6. The van der Waals surface area contributed by atoms with Crippen molar-refractivity contribution in [1.82, 2.24) is 4.31 Å². The smallest absolute Gasteiger partial charge is 0.244 e. The number of nitrogens with zero attached hydrogens (tertiary/aromatic N) is 1. The van der Waals surface area contributed by atoms with E-state index in [4.69, 9.17) is 11.6 Å². The molecule has 0 aliphatic heterocycles. The van der Waals surface area contributed by atoms with Crippen molar-refractivity contribution in [3.8, 4) is 0 Å². The third-order valence-corrected chi connectivity index (χ3v) is 8.02. The van der Waals surface area contributed by atoms with Crippen LogP contribution < -0.4 is 5.32 Å². The molecule has 0 saturated carbocycles. The highest BCUT2D eigenvalue weighted by Crippen LogP contribution is 2.27. The molecule has 0 spiro atoms. The van der Waals surface area contributed by atoms with E-state index >= 15 is 0 Å². The minimum absolute atomic E-state index is 0.0481. The second-order valence-corrected chi connectivity index (χ2v) is 10.7. The number of anilines is 1. The molecule has 1 amide bonds. The first-order valence-electron chi connectivity index (χ1n) is 10.7. The Morgan fingerprint density at radius 3 is 2.12 bits per heavy atom. The predicted molar refractivity (Wildman–Crippen MR) is 134 cm³/mol. The highest BCUT2D eigenvalue weighted by molar-refractivity contribution is 7.89. The number of hydrogen-bond acceptors (Lipinski definition) is 3. The fraction of sp³-hybridized carbons (Fsp3) is 0.269. The molecule has 0 atom stereocenters. The summed E-state index contributed by atoms with van der Waals surface area (Å²) in [6.45, 7) is 9.11. The van der Waals surface area contributed by atoms with Crippen LogP contribution in [-0.2, 0) is 21.4 Å². The molecule has 0 saturated heterocycles. The summed E-state index contributed by atoms with van der Waals surface area (Å²) in [5.41, 5.74) is 5.71. The molecule has 3 aromatic rings. The number of rotatable bonds is 7. The van der Waals surface area contributed by atoms with Gasteiger partial charge in [-0.05, 0) is 80.6 Å². The van der Waals surface area contributed by atoms with E-state index in [0.717, 1.165) is 22.3 Å². The quantitative estimate of drug-likeness (QED) is 0.467. The van der Waals surface area contributed by atoms with Crippen molar-refractivity contribution in [1.29, 1.82) is 0 Å². The Morgan fingerprint density at radius 2 is 1.52 bits per heavy atom. The molecular formula is C26H29ClN2O3S.